The topological polar surface area (TPSA) is 91.6 Å². The van der Waals surface area contributed by atoms with Gasteiger partial charge in [-0.25, -0.2) is 0 Å². The summed E-state index contributed by atoms with van der Waals surface area (Å²) in [6.45, 7) is 0.840. The third-order valence-corrected chi connectivity index (χ3v) is 4.83. The van der Waals surface area contributed by atoms with Crippen molar-refractivity contribution in [2.75, 3.05) is 0 Å². The lowest BCUT2D eigenvalue weighted by Crippen LogP contribution is -2.15. The summed E-state index contributed by atoms with van der Waals surface area (Å²) in [6, 6.07) is 5.52. The predicted molar refractivity (Wildman–Crippen MR) is 105 cm³/mol. The van der Waals surface area contributed by atoms with E-state index in [0.717, 1.165) is 48.3 Å². The second kappa shape index (κ2) is 9.24. The number of aromatic nitrogens is 5. The Morgan fingerprint density at radius 1 is 1.09 bits per heavy atom. The highest BCUT2D eigenvalue weighted by molar-refractivity contribution is 5.91. The molecule has 3 aromatic heterocycles. The first-order valence-corrected chi connectivity index (χ1v) is 9.83. The number of pyridine rings is 1. The number of carbonyl (C=O) groups is 1. The maximum atomic E-state index is 12.6. The number of alkyl halides is 6. The highest BCUT2D eigenvalue weighted by Gasteiger charge is 2.33. The third-order valence-electron chi connectivity index (χ3n) is 4.83. The molecule has 0 spiro atoms. The van der Waals surface area contributed by atoms with E-state index < -0.39 is 30.4 Å². The van der Waals surface area contributed by atoms with E-state index in [-0.39, 0.29) is 11.4 Å². The zero-order valence-electron chi connectivity index (χ0n) is 17.4. The Kier molecular flexibility index (Phi) is 6.79. The molecule has 0 aliphatic carbocycles. The van der Waals surface area contributed by atoms with Crippen molar-refractivity contribution in [1.82, 2.24) is 24.5 Å². The standard InChI is InChI=1S/C13H12F3N3.C7H8F3N3O/c14-13(15,16)12-7-9(4-5-17-12)11-8-10-3-1-2-6-19(10)18-11;1-13-5(6(11)14)2-4(12-13)3-7(8,9)10/h4-5,7-8H,1-3,6H2;2H,3H2,1H3,(H2,11,14). The molecular formula is C20H20F6N6O. The smallest absolute Gasteiger partial charge is 0.364 e. The number of rotatable bonds is 3. The molecule has 13 heteroatoms. The van der Waals surface area contributed by atoms with Gasteiger partial charge in [-0.05, 0) is 43.5 Å². The van der Waals surface area contributed by atoms with Gasteiger partial charge in [0.15, 0.2) is 0 Å². The van der Waals surface area contributed by atoms with Crippen molar-refractivity contribution in [3.63, 3.8) is 0 Å². The summed E-state index contributed by atoms with van der Waals surface area (Å²) in [5, 5.41) is 7.88. The van der Waals surface area contributed by atoms with E-state index in [1.54, 1.807) is 6.07 Å². The summed E-state index contributed by atoms with van der Waals surface area (Å²) in [5.41, 5.74) is 5.92. The molecule has 0 unspecified atom stereocenters. The molecule has 3 aromatic rings. The quantitative estimate of drug-likeness (QED) is 0.583. The van der Waals surface area contributed by atoms with Gasteiger partial charge in [0, 0.05) is 31.0 Å². The van der Waals surface area contributed by atoms with Gasteiger partial charge in [-0.2, -0.15) is 36.5 Å². The lowest BCUT2D eigenvalue weighted by Gasteiger charge is -2.11. The Morgan fingerprint density at radius 2 is 1.82 bits per heavy atom. The highest BCUT2D eigenvalue weighted by atomic mass is 19.4. The molecule has 0 atom stereocenters. The number of hydrogen-bond acceptors (Lipinski definition) is 4. The van der Waals surface area contributed by atoms with E-state index in [1.807, 2.05) is 10.7 Å². The molecule has 2 N–H and O–H groups in total. The lowest BCUT2D eigenvalue weighted by molar-refractivity contribution is -0.141. The van der Waals surface area contributed by atoms with Crippen molar-refractivity contribution in [2.45, 2.75) is 44.6 Å². The van der Waals surface area contributed by atoms with Gasteiger partial charge in [-0.15, -0.1) is 0 Å². The van der Waals surface area contributed by atoms with Crippen molar-refractivity contribution in [3.8, 4) is 11.3 Å². The molecule has 0 radical (unpaired) electrons. The zero-order chi connectivity index (χ0) is 24.4. The van der Waals surface area contributed by atoms with Gasteiger partial charge < -0.3 is 5.73 Å². The van der Waals surface area contributed by atoms with Crippen LogP contribution in [0.4, 0.5) is 26.3 Å². The summed E-state index contributed by atoms with van der Waals surface area (Å²) >= 11 is 0. The van der Waals surface area contributed by atoms with E-state index in [9.17, 15) is 31.1 Å². The number of primary amides is 1. The molecule has 0 saturated carbocycles. The Morgan fingerprint density at radius 3 is 2.39 bits per heavy atom. The Balaban J connectivity index is 0.000000196. The van der Waals surface area contributed by atoms with E-state index >= 15 is 0 Å². The maximum Gasteiger partial charge on any atom is 0.433 e. The molecule has 4 heterocycles. The average molecular weight is 474 g/mol. The number of carbonyl (C=O) groups excluding carboxylic acids is 1. The molecule has 33 heavy (non-hydrogen) atoms. The number of nitrogens with zero attached hydrogens (tertiary/aromatic N) is 5. The number of aryl methyl sites for hydroxylation is 3. The first kappa shape index (κ1) is 24.3. The van der Waals surface area contributed by atoms with Crippen LogP contribution in [0.3, 0.4) is 0 Å². The lowest BCUT2D eigenvalue weighted by atomic mass is 10.1. The molecule has 0 fully saturated rings. The summed E-state index contributed by atoms with van der Waals surface area (Å²) in [5.74, 6) is -0.798. The Bertz CT molecular complexity index is 1110. The van der Waals surface area contributed by atoms with Crippen LogP contribution in [0, 0.1) is 0 Å². The van der Waals surface area contributed by atoms with Crippen molar-refractivity contribution >= 4 is 5.91 Å². The highest BCUT2D eigenvalue weighted by Crippen LogP contribution is 2.31. The van der Waals surface area contributed by atoms with Crippen molar-refractivity contribution in [3.05, 3.63) is 53.2 Å². The van der Waals surface area contributed by atoms with Gasteiger partial charge in [0.2, 0.25) is 0 Å². The second-order valence-electron chi connectivity index (χ2n) is 7.43. The molecule has 1 aliphatic heterocycles. The first-order chi connectivity index (χ1) is 15.3. The van der Waals surface area contributed by atoms with Crippen LogP contribution < -0.4 is 5.73 Å². The molecular weight excluding hydrogens is 454 g/mol. The number of fused-ring (bicyclic) bond motifs is 1. The summed E-state index contributed by atoms with van der Waals surface area (Å²) in [6.07, 6.45) is -5.62. The zero-order valence-corrected chi connectivity index (χ0v) is 17.4. The summed E-state index contributed by atoms with van der Waals surface area (Å²) in [7, 11) is 1.36. The van der Waals surface area contributed by atoms with E-state index in [0.29, 0.717) is 11.3 Å². The van der Waals surface area contributed by atoms with Gasteiger partial charge in [-0.1, -0.05) is 0 Å². The van der Waals surface area contributed by atoms with Crippen LogP contribution in [0.1, 0.15) is 40.4 Å². The van der Waals surface area contributed by atoms with Crippen molar-refractivity contribution < 1.29 is 31.1 Å². The van der Waals surface area contributed by atoms with Gasteiger partial charge >= 0.3 is 12.4 Å². The van der Waals surface area contributed by atoms with Crippen LogP contribution in [0.15, 0.2) is 30.5 Å². The Hall–Kier alpha value is -3.38. The van der Waals surface area contributed by atoms with Gasteiger partial charge in [-0.3, -0.25) is 19.1 Å². The van der Waals surface area contributed by atoms with E-state index in [4.69, 9.17) is 5.73 Å². The van der Waals surface area contributed by atoms with Crippen LogP contribution >= 0.6 is 0 Å². The molecule has 0 saturated heterocycles. The normalized spacial score (nSPS) is 13.8. The number of halogens is 6. The van der Waals surface area contributed by atoms with E-state index in [1.165, 1.54) is 13.2 Å². The van der Waals surface area contributed by atoms with Crippen LogP contribution in [-0.2, 0) is 32.6 Å². The number of hydrogen-bond donors (Lipinski definition) is 1. The van der Waals surface area contributed by atoms with Gasteiger partial charge in [0.1, 0.15) is 11.4 Å². The monoisotopic (exact) mass is 474 g/mol. The van der Waals surface area contributed by atoms with Crippen LogP contribution in [0.5, 0.6) is 0 Å². The summed E-state index contributed by atoms with van der Waals surface area (Å²) < 4.78 is 76.5. The third kappa shape index (κ3) is 6.33. The minimum Gasteiger partial charge on any atom is -0.364 e. The summed E-state index contributed by atoms with van der Waals surface area (Å²) in [4.78, 5) is 14.0. The molecule has 0 aromatic carbocycles. The fourth-order valence-electron chi connectivity index (χ4n) is 3.35. The number of amides is 1. The van der Waals surface area contributed by atoms with Gasteiger partial charge in [0.05, 0.1) is 17.8 Å². The molecule has 1 amide bonds. The molecule has 178 valence electrons. The fraction of sp³-hybridized carbons (Fsp3) is 0.400. The largest absolute Gasteiger partial charge is 0.433 e. The predicted octanol–water partition coefficient (Wildman–Crippen LogP) is 3.92. The molecule has 4 rings (SSSR count). The molecule has 1 aliphatic rings. The van der Waals surface area contributed by atoms with Crippen molar-refractivity contribution in [2.24, 2.45) is 12.8 Å². The average Bonchev–Trinajstić information content (AvgIpc) is 3.30. The van der Waals surface area contributed by atoms with E-state index in [2.05, 4.69) is 15.2 Å². The van der Waals surface area contributed by atoms with Crippen molar-refractivity contribution in [1.29, 1.82) is 0 Å². The number of nitrogens with two attached hydrogens (primary N) is 1. The second-order valence-corrected chi connectivity index (χ2v) is 7.43. The van der Waals surface area contributed by atoms with Crippen LogP contribution in [-0.4, -0.2) is 36.6 Å². The minimum absolute atomic E-state index is 0.0377. The molecule has 0 bridgehead atoms. The minimum atomic E-state index is -4.42. The first-order valence-electron chi connectivity index (χ1n) is 9.83. The SMILES string of the molecule is Cn1nc(CC(F)(F)F)cc1C(N)=O.FC(F)(F)c1cc(-c2cc3n(n2)CCCC3)ccn1. The van der Waals surface area contributed by atoms with Crippen LogP contribution in [0.25, 0.3) is 11.3 Å². The van der Waals surface area contributed by atoms with Gasteiger partial charge in [0.25, 0.3) is 5.91 Å². The maximum absolute atomic E-state index is 12.6. The van der Waals surface area contributed by atoms with Crippen LogP contribution in [0.2, 0.25) is 0 Å². The fourth-order valence-corrected chi connectivity index (χ4v) is 3.35. The molecule has 7 nitrogen and oxygen atoms in total. The Labute approximate surface area is 184 Å².